The van der Waals surface area contributed by atoms with Crippen LogP contribution in [0.15, 0.2) is 0 Å². The maximum atomic E-state index is 11.5. The molecule has 2 N–H and O–H groups in total. The van der Waals surface area contributed by atoms with Gasteiger partial charge in [0, 0.05) is 6.54 Å². The first-order chi connectivity index (χ1) is 7.42. The summed E-state index contributed by atoms with van der Waals surface area (Å²) in [5.41, 5.74) is -0.415. The second-order valence-electron chi connectivity index (χ2n) is 5.47. The highest BCUT2D eigenvalue weighted by atomic mass is 16.6. The van der Waals surface area contributed by atoms with E-state index in [0.29, 0.717) is 18.4 Å². The molecule has 1 aliphatic rings. The van der Waals surface area contributed by atoms with Crippen LogP contribution >= 0.6 is 0 Å². The quantitative estimate of drug-likeness (QED) is 0.774. The molecule has 1 heterocycles. The maximum Gasteiger partial charge on any atom is 0.407 e. The number of hydrogen-bond donors (Lipinski definition) is 2. The van der Waals surface area contributed by atoms with Gasteiger partial charge in [-0.05, 0) is 45.7 Å². The van der Waals surface area contributed by atoms with E-state index in [1.165, 1.54) is 0 Å². The van der Waals surface area contributed by atoms with Crippen molar-refractivity contribution in [2.24, 2.45) is 11.8 Å². The summed E-state index contributed by atoms with van der Waals surface area (Å²) in [6.45, 7) is 10.6. The Balaban J connectivity index is 2.26. The minimum atomic E-state index is -0.415. The molecule has 0 aromatic rings. The van der Waals surface area contributed by atoms with Crippen molar-refractivity contribution in [3.05, 3.63) is 0 Å². The van der Waals surface area contributed by atoms with Gasteiger partial charge < -0.3 is 15.4 Å². The Kier molecular flexibility index (Phi) is 4.59. The van der Waals surface area contributed by atoms with Gasteiger partial charge in [-0.15, -0.1) is 0 Å². The van der Waals surface area contributed by atoms with Crippen LogP contribution in [0.4, 0.5) is 4.79 Å². The lowest BCUT2D eigenvalue weighted by atomic mass is 9.94. The zero-order valence-electron chi connectivity index (χ0n) is 10.8. The van der Waals surface area contributed by atoms with E-state index in [4.69, 9.17) is 4.74 Å². The first-order valence-corrected chi connectivity index (χ1v) is 6.10. The minimum Gasteiger partial charge on any atom is -0.444 e. The van der Waals surface area contributed by atoms with Crippen LogP contribution < -0.4 is 10.6 Å². The first-order valence-electron chi connectivity index (χ1n) is 6.10. The lowest BCUT2D eigenvalue weighted by molar-refractivity contribution is 0.0517. The molecular weight excluding hydrogens is 204 g/mol. The second kappa shape index (κ2) is 5.53. The minimum absolute atomic E-state index is 0.311. The molecule has 0 aromatic heterocycles. The second-order valence-corrected chi connectivity index (χ2v) is 5.47. The van der Waals surface area contributed by atoms with E-state index in [0.717, 1.165) is 19.5 Å². The molecule has 1 saturated heterocycles. The van der Waals surface area contributed by atoms with E-state index in [9.17, 15) is 4.79 Å². The number of alkyl carbamates (subject to hydrolysis) is 1. The van der Waals surface area contributed by atoms with Crippen molar-refractivity contribution in [1.29, 1.82) is 0 Å². The fourth-order valence-corrected chi connectivity index (χ4v) is 2.03. The van der Waals surface area contributed by atoms with Crippen molar-refractivity contribution in [1.82, 2.24) is 10.6 Å². The molecule has 0 saturated carbocycles. The van der Waals surface area contributed by atoms with E-state index in [-0.39, 0.29) is 6.09 Å². The van der Waals surface area contributed by atoms with Crippen LogP contribution in [-0.4, -0.2) is 31.3 Å². The zero-order valence-corrected chi connectivity index (χ0v) is 10.8. The molecule has 2 atom stereocenters. The normalized spacial score (nSPS) is 25.5. The molecule has 0 aromatic carbocycles. The largest absolute Gasteiger partial charge is 0.444 e. The number of ether oxygens (including phenoxy) is 1. The van der Waals surface area contributed by atoms with E-state index >= 15 is 0 Å². The van der Waals surface area contributed by atoms with Crippen molar-refractivity contribution >= 4 is 6.09 Å². The van der Waals surface area contributed by atoms with Crippen LogP contribution in [0.25, 0.3) is 0 Å². The van der Waals surface area contributed by atoms with Crippen LogP contribution in [0, 0.1) is 11.8 Å². The van der Waals surface area contributed by atoms with Crippen molar-refractivity contribution in [3.8, 4) is 0 Å². The molecular formula is C12H24N2O2. The van der Waals surface area contributed by atoms with E-state index in [2.05, 4.69) is 17.6 Å². The third-order valence-corrected chi connectivity index (χ3v) is 2.91. The highest BCUT2D eigenvalue weighted by Gasteiger charge is 2.26. The Labute approximate surface area is 98.1 Å². The average Bonchev–Trinajstić information content (AvgIpc) is 2.59. The third kappa shape index (κ3) is 4.39. The van der Waals surface area contributed by atoms with Gasteiger partial charge in [0.25, 0.3) is 0 Å². The van der Waals surface area contributed by atoms with Crippen molar-refractivity contribution in [2.75, 3.05) is 19.6 Å². The highest BCUT2D eigenvalue weighted by Crippen LogP contribution is 2.19. The van der Waals surface area contributed by atoms with E-state index in [1.807, 2.05) is 20.8 Å². The number of nitrogens with one attached hydrogen (secondary N) is 2. The molecule has 1 aliphatic heterocycles. The summed E-state index contributed by atoms with van der Waals surface area (Å²) in [6.07, 6.45) is 0.850. The Bertz CT molecular complexity index is 236. The van der Waals surface area contributed by atoms with Gasteiger partial charge in [0.15, 0.2) is 0 Å². The third-order valence-electron chi connectivity index (χ3n) is 2.91. The summed E-state index contributed by atoms with van der Waals surface area (Å²) in [5.74, 6) is 1.22. The smallest absolute Gasteiger partial charge is 0.407 e. The molecule has 0 radical (unpaired) electrons. The molecule has 0 spiro atoms. The Morgan fingerprint density at radius 3 is 2.56 bits per heavy atom. The summed E-state index contributed by atoms with van der Waals surface area (Å²) in [4.78, 5) is 11.5. The Morgan fingerprint density at radius 1 is 1.38 bits per heavy atom. The lowest BCUT2D eigenvalue weighted by Crippen LogP contribution is -2.36. The molecule has 1 amide bonds. The Morgan fingerprint density at radius 2 is 2.00 bits per heavy atom. The highest BCUT2D eigenvalue weighted by molar-refractivity contribution is 5.67. The number of amides is 1. The summed E-state index contributed by atoms with van der Waals surface area (Å²) in [6, 6.07) is 0. The van der Waals surface area contributed by atoms with E-state index < -0.39 is 5.60 Å². The zero-order chi connectivity index (χ0) is 12.2. The van der Waals surface area contributed by atoms with Crippen molar-refractivity contribution < 1.29 is 9.53 Å². The number of carbonyl (C=O) groups excluding carboxylic acids is 1. The lowest BCUT2D eigenvalue weighted by Gasteiger charge is -2.22. The monoisotopic (exact) mass is 228 g/mol. The van der Waals surface area contributed by atoms with E-state index in [1.54, 1.807) is 0 Å². The van der Waals surface area contributed by atoms with Gasteiger partial charge in [-0.25, -0.2) is 4.79 Å². The van der Waals surface area contributed by atoms with Gasteiger partial charge in [0.2, 0.25) is 0 Å². The van der Waals surface area contributed by atoms with Crippen LogP contribution in [0.5, 0.6) is 0 Å². The molecule has 1 rings (SSSR count). The summed E-state index contributed by atoms with van der Waals surface area (Å²) >= 11 is 0. The van der Waals surface area contributed by atoms with Crippen LogP contribution in [-0.2, 0) is 4.74 Å². The number of carbonyl (C=O) groups is 1. The van der Waals surface area contributed by atoms with Gasteiger partial charge in [0.1, 0.15) is 5.60 Å². The first kappa shape index (κ1) is 13.3. The topological polar surface area (TPSA) is 50.4 Å². The van der Waals surface area contributed by atoms with Crippen LogP contribution in [0.3, 0.4) is 0 Å². The molecule has 16 heavy (non-hydrogen) atoms. The van der Waals surface area contributed by atoms with Gasteiger partial charge in [0.05, 0.1) is 0 Å². The van der Waals surface area contributed by atoms with Gasteiger partial charge in [-0.3, -0.25) is 0 Å². The van der Waals surface area contributed by atoms with Gasteiger partial charge in [-0.2, -0.15) is 0 Å². The summed E-state index contributed by atoms with van der Waals surface area (Å²) in [5, 5.41) is 6.20. The molecule has 2 unspecified atom stereocenters. The SMILES string of the molecule is CCC1CNCC1CNC(=O)OC(C)(C)C. The van der Waals surface area contributed by atoms with Crippen molar-refractivity contribution in [3.63, 3.8) is 0 Å². The maximum absolute atomic E-state index is 11.5. The average molecular weight is 228 g/mol. The van der Waals surface area contributed by atoms with Crippen LogP contribution in [0.2, 0.25) is 0 Å². The predicted molar refractivity (Wildman–Crippen MR) is 64.4 cm³/mol. The molecule has 4 nitrogen and oxygen atoms in total. The molecule has 0 aliphatic carbocycles. The van der Waals surface area contributed by atoms with Gasteiger partial charge >= 0.3 is 6.09 Å². The predicted octanol–water partition coefficient (Wildman–Crippen LogP) is 1.76. The Hall–Kier alpha value is -0.770. The molecule has 1 fully saturated rings. The van der Waals surface area contributed by atoms with Crippen LogP contribution in [0.1, 0.15) is 34.1 Å². The molecule has 94 valence electrons. The summed E-state index contributed by atoms with van der Waals surface area (Å²) < 4.78 is 5.20. The van der Waals surface area contributed by atoms with Crippen molar-refractivity contribution in [2.45, 2.75) is 39.7 Å². The van der Waals surface area contributed by atoms with Gasteiger partial charge in [-0.1, -0.05) is 13.3 Å². The standard InChI is InChI=1S/C12H24N2O2/c1-5-9-6-13-7-10(9)8-14-11(15)16-12(2,3)4/h9-10,13H,5-8H2,1-4H3,(H,14,15). The number of hydrogen-bond acceptors (Lipinski definition) is 3. The molecule has 4 heteroatoms. The molecule has 0 bridgehead atoms. The fourth-order valence-electron chi connectivity index (χ4n) is 2.03. The number of rotatable bonds is 3. The summed E-state index contributed by atoms with van der Waals surface area (Å²) in [7, 11) is 0. The fraction of sp³-hybridized carbons (Fsp3) is 0.917.